The van der Waals surface area contributed by atoms with Crippen LogP contribution in [-0.4, -0.2) is 25.0 Å². The molecule has 1 fully saturated rings. The van der Waals surface area contributed by atoms with Crippen molar-refractivity contribution in [1.29, 1.82) is 0 Å². The number of carbonyl (C=O) groups excluding carboxylic acids is 2. The Bertz CT molecular complexity index is 831. The monoisotopic (exact) mass is 480 g/mol. The Morgan fingerprint density at radius 1 is 1.23 bits per heavy atom. The van der Waals surface area contributed by atoms with Crippen molar-refractivity contribution >= 4 is 55.0 Å². The number of hydrogen-bond donors (Lipinski definition) is 1. The Balaban J connectivity index is 1.63. The molecule has 5 nitrogen and oxygen atoms in total. The average Bonchev–Trinajstić information content (AvgIpc) is 3.00. The van der Waals surface area contributed by atoms with Gasteiger partial charge in [0.1, 0.15) is 5.75 Å². The van der Waals surface area contributed by atoms with Gasteiger partial charge < -0.3 is 15.0 Å². The highest BCUT2D eigenvalue weighted by molar-refractivity contribution is 9.11. The number of aryl methyl sites for hydroxylation is 1. The van der Waals surface area contributed by atoms with Crippen LogP contribution in [-0.2, 0) is 9.59 Å². The first-order valence-corrected chi connectivity index (χ1v) is 9.81. The Kier molecular flexibility index (Phi) is 5.98. The van der Waals surface area contributed by atoms with Gasteiger partial charge in [-0.05, 0) is 81.1 Å². The number of ether oxygens (including phenoxy) is 1. The van der Waals surface area contributed by atoms with E-state index in [0.717, 1.165) is 33.2 Å². The van der Waals surface area contributed by atoms with E-state index in [1.54, 1.807) is 17.0 Å². The lowest BCUT2D eigenvalue weighted by Crippen LogP contribution is -2.24. The summed E-state index contributed by atoms with van der Waals surface area (Å²) >= 11 is 6.89. The molecule has 0 aromatic heterocycles. The van der Waals surface area contributed by atoms with Gasteiger partial charge in [0.05, 0.1) is 8.95 Å². The molecule has 0 saturated carbocycles. The van der Waals surface area contributed by atoms with E-state index in [4.69, 9.17) is 4.74 Å². The standard InChI is InChI=1S/C19H18Br2N2O3/c1-12-8-15(20)19(16(21)9-12)26-11-17(24)22-13-4-2-5-14(10-13)23-7-3-6-18(23)25/h2,4-5,8-10H,3,6-7,11H2,1H3,(H,22,24). The van der Waals surface area contributed by atoms with Gasteiger partial charge in [-0.25, -0.2) is 0 Å². The van der Waals surface area contributed by atoms with Gasteiger partial charge in [0.2, 0.25) is 5.91 Å². The number of carbonyl (C=O) groups is 2. The van der Waals surface area contributed by atoms with Crippen molar-refractivity contribution in [3.63, 3.8) is 0 Å². The summed E-state index contributed by atoms with van der Waals surface area (Å²) in [4.78, 5) is 25.8. The van der Waals surface area contributed by atoms with Crippen LogP contribution in [0.4, 0.5) is 11.4 Å². The third-order valence-electron chi connectivity index (χ3n) is 4.01. The molecule has 0 unspecified atom stereocenters. The molecule has 2 aromatic rings. The van der Waals surface area contributed by atoms with Gasteiger partial charge in [-0.3, -0.25) is 9.59 Å². The van der Waals surface area contributed by atoms with E-state index in [1.165, 1.54) is 0 Å². The number of amides is 2. The second kappa shape index (κ2) is 8.22. The Hall–Kier alpha value is -1.86. The Labute approximate surface area is 169 Å². The highest BCUT2D eigenvalue weighted by Crippen LogP contribution is 2.34. The molecule has 26 heavy (non-hydrogen) atoms. The summed E-state index contributed by atoms with van der Waals surface area (Å²) in [6, 6.07) is 11.1. The first kappa shape index (κ1) is 18.9. The molecule has 0 aliphatic carbocycles. The first-order chi connectivity index (χ1) is 12.4. The molecule has 1 N–H and O–H groups in total. The Morgan fingerprint density at radius 3 is 2.62 bits per heavy atom. The molecule has 0 spiro atoms. The second-order valence-corrected chi connectivity index (χ2v) is 7.80. The van der Waals surface area contributed by atoms with E-state index in [9.17, 15) is 9.59 Å². The lowest BCUT2D eigenvalue weighted by Gasteiger charge is -2.17. The number of rotatable bonds is 5. The number of hydrogen-bond acceptors (Lipinski definition) is 3. The van der Waals surface area contributed by atoms with Gasteiger partial charge in [0.15, 0.2) is 6.61 Å². The average molecular weight is 482 g/mol. The summed E-state index contributed by atoms with van der Waals surface area (Å²) in [6.45, 7) is 2.58. The van der Waals surface area contributed by atoms with Gasteiger partial charge in [-0.2, -0.15) is 0 Å². The summed E-state index contributed by atoms with van der Waals surface area (Å²) in [7, 11) is 0. The summed E-state index contributed by atoms with van der Waals surface area (Å²) < 4.78 is 7.20. The smallest absolute Gasteiger partial charge is 0.262 e. The molecule has 136 valence electrons. The molecule has 7 heteroatoms. The SMILES string of the molecule is Cc1cc(Br)c(OCC(=O)Nc2cccc(N3CCCC3=O)c2)c(Br)c1. The van der Waals surface area contributed by atoms with Crippen molar-refractivity contribution < 1.29 is 14.3 Å². The normalized spacial score (nSPS) is 13.8. The van der Waals surface area contributed by atoms with Crippen LogP contribution >= 0.6 is 31.9 Å². The third kappa shape index (κ3) is 4.45. The molecule has 0 bridgehead atoms. The van der Waals surface area contributed by atoms with Crippen molar-refractivity contribution in [3.8, 4) is 5.75 Å². The minimum absolute atomic E-state index is 0.117. The van der Waals surface area contributed by atoms with E-state index in [1.807, 2.05) is 31.2 Å². The summed E-state index contributed by atoms with van der Waals surface area (Å²) in [5, 5.41) is 2.81. The van der Waals surface area contributed by atoms with Gasteiger partial charge in [0.25, 0.3) is 5.91 Å². The van der Waals surface area contributed by atoms with Gasteiger partial charge >= 0.3 is 0 Å². The van der Waals surface area contributed by atoms with Crippen LogP contribution < -0.4 is 15.0 Å². The van der Waals surface area contributed by atoms with Crippen LogP contribution in [0.5, 0.6) is 5.75 Å². The minimum Gasteiger partial charge on any atom is -0.481 e. The van der Waals surface area contributed by atoms with E-state index < -0.39 is 0 Å². The molecular weight excluding hydrogens is 464 g/mol. The number of nitrogens with zero attached hydrogens (tertiary/aromatic N) is 1. The largest absolute Gasteiger partial charge is 0.481 e. The number of halogens is 2. The van der Waals surface area contributed by atoms with E-state index >= 15 is 0 Å². The van der Waals surface area contributed by atoms with Crippen molar-refractivity contribution in [1.82, 2.24) is 0 Å². The molecule has 1 aliphatic rings. The molecule has 0 radical (unpaired) electrons. The number of anilines is 2. The second-order valence-electron chi connectivity index (χ2n) is 6.09. The number of benzene rings is 2. The zero-order valence-corrected chi connectivity index (χ0v) is 17.4. The van der Waals surface area contributed by atoms with E-state index in [2.05, 4.69) is 37.2 Å². The summed E-state index contributed by atoms with van der Waals surface area (Å²) in [5.41, 5.74) is 2.52. The fourth-order valence-electron chi connectivity index (χ4n) is 2.83. The topological polar surface area (TPSA) is 58.6 Å². The molecule has 3 rings (SSSR count). The van der Waals surface area contributed by atoms with Crippen LogP contribution in [0.3, 0.4) is 0 Å². The predicted octanol–water partition coefficient (Wildman–Crippen LogP) is 4.66. The van der Waals surface area contributed by atoms with Gasteiger partial charge in [-0.1, -0.05) is 6.07 Å². The number of nitrogens with one attached hydrogen (secondary N) is 1. The summed E-state index contributed by atoms with van der Waals surface area (Å²) in [5.74, 6) is 0.433. The molecule has 2 amide bonds. The van der Waals surface area contributed by atoms with E-state index in [0.29, 0.717) is 17.9 Å². The quantitative estimate of drug-likeness (QED) is 0.675. The zero-order valence-electron chi connectivity index (χ0n) is 14.2. The van der Waals surface area contributed by atoms with E-state index in [-0.39, 0.29) is 18.4 Å². The lowest BCUT2D eigenvalue weighted by molar-refractivity contribution is -0.118. The van der Waals surface area contributed by atoms with Crippen LogP contribution in [0.1, 0.15) is 18.4 Å². The maximum Gasteiger partial charge on any atom is 0.262 e. The fraction of sp³-hybridized carbons (Fsp3) is 0.263. The van der Waals surface area contributed by atoms with Crippen LogP contribution in [0.2, 0.25) is 0 Å². The molecule has 2 aromatic carbocycles. The fourth-order valence-corrected chi connectivity index (χ4v) is 4.48. The van der Waals surface area contributed by atoms with Crippen LogP contribution in [0.15, 0.2) is 45.3 Å². The lowest BCUT2D eigenvalue weighted by atomic mass is 10.2. The van der Waals surface area contributed by atoms with Crippen molar-refractivity contribution in [2.45, 2.75) is 19.8 Å². The van der Waals surface area contributed by atoms with Crippen LogP contribution in [0, 0.1) is 6.92 Å². The van der Waals surface area contributed by atoms with Crippen molar-refractivity contribution in [3.05, 3.63) is 50.9 Å². The summed E-state index contributed by atoms with van der Waals surface area (Å²) in [6.07, 6.45) is 1.44. The third-order valence-corrected chi connectivity index (χ3v) is 5.18. The highest BCUT2D eigenvalue weighted by atomic mass is 79.9. The predicted molar refractivity (Wildman–Crippen MR) is 109 cm³/mol. The van der Waals surface area contributed by atoms with Gasteiger partial charge in [0, 0.05) is 24.3 Å². The minimum atomic E-state index is -0.269. The van der Waals surface area contributed by atoms with Crippen molar-refractivity contribution in [2.75, 3.05) is 23.4 Å². The Morgan fingerprint density at radius 2 is 1.96 bits per heavy atom. The zero-order chi connectivity index (χ0) is 18.7. The van der Waals surface area contributed by atoms with Gasteiger partial charge in [-0.15, -0.1) is 0 Å². The maximum atomic E-state index is 12.2. The molecule has 1 heterocycles. The van der Waals surface area contributed by atoms with Crippen molar-refractivity contribution in [2.24, 2.45) is 0 Å². The van der Waals surface area contributed by atoms with Crippen LogP contribution in [0.25, 0.3) is 0 Å². The highest BCUT2D eigenvalue weighted by Gasteiger charge is 2.21. The molecule has 1 aliphatic heterocycles. The molecular formula is C19H18Br2N2O3. The molecule has 1 saturated heterocycles. The molecule has 0 atom stereocenters. The first-order valence-electron chi connectivity index (χ1n) is 8.23. The maximum absolute atomic E-state index is 12.2.